The van der Waals surface area contributed by atoms with Crippen molar-refractivity contribution in [3.8, 4) is 5.75 Å². The summed E-state index contributed by atoms with van der Waals surface area (Å²) in [6, 6.07) is 7.26. The van der Waals surface area contributed by atoms with Crippen molar-refractivity contribution in [1.82, 2.24) is 5.32 Å². The highest BCUT2D eigenvalue weighted by atomic mass is 32.1. The molecule has 2 aromatic rings. The second-order valence-corrected chi connectivity index (χ2v) is 5.25. The largest absolute Gasteiger partial charge is 0.481 e. The maximum Gasteiger partial charge on any atom is 0.349 e. The molecule has 0 radical (unpaired) electrons. The van der Waals surface area contributed by atoms with Crippen LogP contribution in [0.2, 0.25) is 0 Å². The minimum Gasteiger partial charge on any atom is -0.481 e. The molecule has 0 unspecified atom stereocenters. The molecule has 1 aromatic heterocycles. The SMILES string of the molecule is CCCNC(=O)COc1c(C(=O)O)sc2ccccc12. The molecule has 0 bridgehead atoms. The minimum absolute atomic E-state index is 0.120. The van der Waals surface area contributed by atoms with Crippen LogP contribution in [0.15, 0.2) is 24.3 Å². The van der Waals surface area contributed by atoms with E-state index in [0.29, 0.717) is 6.54 Å². The highest BCUT2D eigenvalue weighted by Gasteiger charge is 2.19. The Morgan fingerprint density at radius 2 is 2.10 bits per heavy atom. The summed E-state index contributed by atoms with van der Waals surface area (Å²) in [6.45, 7) is 2.36. The van der Waals surface area contributed by atoms with Crippen molar-refractivity contribution in [2.45, 2.75) is 13.3 Å². The van der Waals surface area contributed by atoms with Gasteiger partial charge in [-0.05, 0) is 18.6 Å². The second-order valence-electron chi connectivity index (χ2n) is 4.20. The van der Waals surface area contributed by atoms with E-state index in [-0.39, 0.29) is 23.1 Å². The Morgan fingerprint density at radius 3 is 2.80 bits per heavy atom. The smallest absolute Gasteiger partial charge is 0.349 e. The fourth-order valence-electron chi connectivity index (χ4n) is 1.76. The zero-order valence-corrected chi connectivity index (χ0v) is 11.8. The number of nitrogens with one attached hydrogen (secondary N) is 1. The summed E-state index contributed by atoms with van der Waals surface area (Å²) in [5.74, 6) is -1.03. The Bertz CT molecular complexity index is 635. The van der Waals surface area contributed by atoms with E-state index in [1.165, 1.54) is 0 Å². The minimum atomic E-state index is -1.05. The maximum absolute atomic E-state index is 11.5. The third kappa shape index (κ3) is 3.08. The van der Waals surface area contributed by atoms with Crippen LogP contribution in [0.4, 0.5) is 0 Å². The first-order valence-corrected chi connectivity index (χ1v) is 7.09. The summed E-state index contributed by atoms with van der Waals surface area (Å²) in [5, 5.41) is 12.6. The summed E-state index contributed by atoms with van der Waals surface area (Å²) in [7, 11) is 0. The monoisotopic (exact) mass is 293 g/mol. The Balaban J connectivity index is 2.21. The molecule has 2 rings (SSSR count). The van der Waals surface area contributed by atoms with Crippen LogP contribution in [0.3, 0.4) is 0 Å². The molecule has 2 N–H and O–H groups in total. The van der Waals surface area contributed by atoms with Gasteiger partial charge < -0.3 is 15.2 Å². The molecule has 0 saturated carbocycles. The average molecular weight is 293 g/mol. The van der Waals surface area contributed by atoms with Gasteiger partial charge >= 0.3 is 5.97 Å². The number of carboxylic acid groups (broad SMARTS) is 1. The van der Waals surface area contributed by atoms with Gasteiger partial charge in [0.05, 0.1) is 0 Å². The van der Waals surface area contributed by atoms with Crippen molar-refractivity contribution in [2.75, 3.05) is 13.2 Å². The van der Waals surface area contributed by atoms with Crippen LogP contribution in [0.25, 0.3) is 10.1 Å². The maximum atomic E-state index is 11.5. The lowest BCUT2D eigenvalue weighted by molar-refractivity contribution is -0.123. The number of carboxylic acids is 1. The van der Waals surface area contributed by atoms with Gasteiger partial charge in [0.2, 0.25) is 0 Å². The van der Waals surface area contributed by atoms with E-state index in [4.69, 9.17) is 4.74 Å². The molecule has 5 nitrogen and oxygen atoms in total. The van der Waals surface area contributed by atoms with E-state index in [1.807, 2.05) is 25.1 Å². The van der Waals surface area contributed by atoms with Crippen LogP contribution in [0.1, 0.15) is 23.0 Å². The number of thiophene rings is 1. The van der Waals surface area contributed by atoms with Gasteiger partial charge in [0.25, 0.3) is 5.91 Å². The van der Waals surface area contributed by atoms with Crippen molar-refractivity contribution in [3.05, 3.63) is 29.1 Å². The van der Waals surface area contributed by atoms with Crippen LogP contribution in [0.5, 0.6) is 5.75 Å². The van der Waals surface area contributed by atoms with Gasteiger partial charge in [-0.3, -0.25) is 4.79 Å². The number of carbonyl (C=O) groups is 2. The Morgan fingerprint density at radius 1 is 1.35 bits per heavy atom. The number of hydrogen-bond donors (Lipinski definition) is 2. The standard InChI is InChI=1S/C14H15NO4S/c1-2-7-15-11(16)8-19-12-9-5-3-4-6-10(9)20-13(12)14(17)18/h3-6H,2,7-8H2,1H3,(H,15,16)(H,17,18). The van der Waals surface area contributed by atoms with Crippen LogP contribution >= 0.6 is 11.3 Å². The van der Waals surface area contributed by atoms with E-state index in [9.17, 15) is 14.7 Å². The zero-order chi connectivity index (χ0) is 14.5. The predicted octanol–water partition coefficient (Wildman–Crippen LogP) is 2.50. The second kappa shape index (κ2) is 6.38. The van der Waals surface area contributed by atoms with Crippen LogP contribution in [-0.2, 0) is 4.79 Å². The van der Waals surface area contributed by atoms with E-state index in [0.717, 1.165) is 27.8 Å². The molecule has 0 spiro atoms. The van der Waals surface area contributed by atoms with E-state index in [2.05, 4.69) is 5.32 Å². The fraction of sp³-hybridized carbons (Fsp3) is 0.286. The Hall–Kier alpha value is -2.08. The molecule has 106 valence electrons. The van der Waals surface area contributed by atoms with Crippen molar-refractivity contribution < 1.29 is 19.4 Å². The molecule has 1 aromatic carbocycles. The Labute approximate surface area is 120 Å². The number of aromatic carboxylic acids is 1. The molecule has 1 heterocycles. The van der Waals surface area contributed by atoms with Crippen molar-refractivity contribution in [3.63, 3.8) is 0 Å². The highest BCUT2D eigenvalue weighted by molar-refractivity contribution is 7.21. The summed E-state index contributed by atoms with van der Waals surface area (Å²) >= 11 is 1.15. The molecule has 20 heavy (non-hydrogen) atoms. The number of hydrogen-bond acceptors (Lipinski definition) is 4. The first kappa shape index (κ1) is 14.3. The van der Waals surface area contributed by atoms with Crippen LogP contribution < -0.4 is 10.1 Å². The topological polar surface area (TPSA) is 75.6 Å². The van der Waals surface area contributed by atoms with Crippen molar-refractivity contribution in [2.24, 2.45) is 0 Å². The number of rotatable bonds is 6. The number of fused-ring (bicyclic) bond motifs is 1. The summed E-state index contributed by atoms with van der Waals surface area (Å²) < 4.78 is 6.26. The van der Waals surface area contributed by atoms with Crippen molar-refractivity contribution in [1.29, 1.82) is 0 Å². The molecular weight excluding hydrogens is 278 g/mol. The summed E-state index contributed by atoms with van der Waals surface area (Å²) in [6.07, 6.45) is 0.841. The highest BCUT2D eigenvalue weighted by Crippen LogP contribution is 2.37. The molecule has 0 aliphatic heterocycles. The van der Waals surface area contributed by atoms with E-state index in [1.54, 1.807) is 6.07 Å². The first-order chi connectivity index (χ1) is 9.63. The van der Waals surface area contributed by atoms with E-state index >= 15 is 0 Å². The summed E-state index contributed by atoms with van der Waals surface area (Å²) in [5.41, 5.74) is 0. The lowest BCUT2D eigenvalue weighted by Crippen LogP contribution is -2.29. The van der Waals surface area contributed by atoms with Gasteiger partial charge in [-0.15, -0.1) is 11.3 Å². The third-order valence-corrected chi connectivity index (χ3v) is 3.80. The average Bonchev–Trinajstić information content (AvgIpc) is 2.82. The van der Waals surface area contributed by atoms with Crippen LogP contribution in [-0.4, -0.2) is 30.1 Å². The molecule has 1 amide bonds. The molecular formula is C14H15NO4S. The van der Waals surface area contributed by atoms with Gasteiger partial charge in [-0.1, -0.05) is 19.1 Å². The first-order valence-electron chi connectivity index (χ1n) is 6.27. The van der Waals surface area contributed by atoms with Crippen molar-refractivity contribution >= 4 is 33.3 Å². The quantitative estimate of drug-likeness (QED) is 0.858. The van der Waals surface area contributed by atoms with Crippen LogP contribution in [0, 0.1) is 0 Å². The predicted molar refractivity (Wildman–Crippen MR) is 77.6 cm³/mol. The lowest BCUT2D eigenvalue weighted by atomic mass is 10.2. The number of amides is 1. The van der Waals surface area contributed by atoms with Gasteiger partial charge in [-0.2, -0.15) is 0 Å². The van der Waals surface area contributed by atoms with Gasteiger partial charge in [0.1, 0.15) is 0 Å². The molecule has 0 saturated heterocycles. The molecule has 0 atom stereocenters. The summed E-state index contributed by atoms with van der Waals surface area (Å²) in [4.78, 5) is 22.9. The number of ether oxygens (including phenoxy) is 1. The molecule has 0 fully saturated rings. The molecule has 0 aliphatic rings. The van der Waals surface area contributed by atoms with E-state index < -0.39 is 5.97 Å². The fourth-order valence-corrected chi connectivity index (χ4v) is 2.75. The zero-order valence-electron chi connectivity index (χ0n) is 11.0. The third-order valence-electron chi connectivity index (χ3n) is 2.66. The molecule has 6 heteroatoms. The lowest BCUT2D eigenvalue weighted by Gasteiger charge is -2.07. The molecule has 0 aliphatic carbocycles. The van der Waals surface area contributed by atoms with Gasteiger partial charge in [-0.25, -0.2) is 4.79 Å². The normalized spacial score (nSPS) is 10.4. The Kier molecular flexibility index (Phi) is 4.57. The number of benzene rings is 1. The number of carbonyl (C=O) groups excluding carboxylic acids is 1. The van der Waals surface area contributed by atoms with Gasteiger partial charge in [0.15, 0.2) is 17.2 Å². The van der Waals surface area contributed by atoms with Gasteiger partial charge in [0, 0.05) is 16.6 Å².